The van der Waals surface area contributed by atoms with E-state index < -0.39 is 17.6 Å². The maximum Gasteiger partial charge on any atom is 0.263 e. The standard InChI is InChI=1S/C23H18FN3O3/c1-30-17-6-4-5-16(13-17)26-22(28)20-18-7-2-3-8-19(18)27(21(20)25)23(29)14-9-11-15(24)12-10-14/h2-13H,25H2,1H3,(H,26,28). The lowest BCUT2D eigenvalue weighted by Crippen LogP contribution is -2.18. The number of nitrogens with zero attached hydrogens (tertiary/aromatic N) is 1. The number of benzene rings is 3. The van der Waals surface area contributed by atoms with E-state index >= 15 is 0 Å². The van der Waals surface area contributed by atoms with Crippen LogP contribution in [0, 0.1) is 5.82 Å². The summed E-state index contributed by atoms with van der Waals surface area (Å²) in [7, 11) is 1.54. The maximum absolute atomic E-state index is 13.3. The molecule has 1 heterocycles. The second kappa shape index (κ2) is 7.71. The van der Waals surface area contributed by atoms with Crippen molar-refractivity contribution < 1.29 is 18.7 Å². The fourth-order valence-electron chi connectivity index (χ4n) is 3.33. The highest BCUT2D eigenvalue weighted by Crippen LogP contribution is 2.30. The first-order chi connectivity index (χ1) is 14.5. The molecule has 0 aliphatic heterocycles. The van der Waals surface area contributed by atoms with Crippen LogP contribution in [0.25, 0.3) is 10.9 Å². The third kappa shape index (κ3) is 3.37. The molecule has 0 bridgehead atoms. The fraction of sp³-hybridized carbons (Fsp3) is 0.0435. The lowest BCUT2D eigenvalue weighted by molar-refractivity contribution is 0.0967. The van der Waals surface area contributed by atoms with Gasteiger partial charge in [0.25, 0.3) is 11.8 Å². The molecule has 0 aliphatic carbocycles. The molecule has 0 aliphatic rings. The Morgan fingerprint density at radius 3 is 2.47 bits per heavy atom. The van der Waals surface area contributed by atoms with Crippen LogP contribution in [0.3, 0.4) is 0 Å². The van der Waals surface area contributed by atoms with Crippen LogP contribution in [-0.4, -0.2) is 23.5 Å². The zero-order chi connectivity index (χ0) is 21.3. The number of anilines is 2. The molecule has 0 unspecified atom stereocenters. The van der Waals surface area contributed by atoms with Gasteiger partial charge in [-0.3, -0.25) is 14.2 Å². The molecular formula is C23H18FN3O3. The molecule has 3 aromatic carbocycles. The third-order valence-corrected chi connectivity index (χ3v) is 4.76. The number of methoxy groups -OCH3 is 1. The van der Waals surface area contributed by atoms with Crippen LogP contribution < -0.4 is 15.8 Å². The Balaban J connectivity index is 1.79. The molecule has 30 heavy (non-hydrogen) atoms. The van der Waals surface area contributed by atoms with E-state index in [9.17, 15) is 14.0 Å². The first kappa shape index (κ1) is 19.2. The number of halogens is 1. The molecule has 0 fully saturated rings. The van der Waals surface area contributed by atoms with Crippen molar-refractivity contribution in [3.05, 3.63) is 89.7 Å². The number of hydrogen-bond acceptors (Lipinski definition) is 4. The summed E-state index contributed by atoms with van der Waals surface area (Å²) in [4.78, 5) is 26.1. The second-order valence-electron chi connectivity index (χ2n) is 6.61. The average molecular weight is 403 g/mol. The number of amides is 1. The van der Waals surface area contributed by atoms with Crippen molar-refractivity contribution in [1.82, 2.24) is 4.57 Å². The van der Waals surface area contributed by atoms with E-state index in [1.165, 1.54) is 35.9 Å². The van der Waals surface area contributed by atoms with E-state index in [0.717, 1.165) is 0 Å². The predicted octanol–water partition coefficient (Wildman–Crippen LogP) is 4.31. The summed E-state index contributed by atoms with van der Waals surface area (Å²) in [5.41, 5.74) is 7.73. The van der Waals surface area contributed by atoms with Crippen LogP contribution in [0.2, 0.25) is 0 Å². The molecule has 150 valence electrons. The highest BCUT2D eigenvalue weighted by molar-refractivity contribution is 6.19. The monoisotopic (exact) mass is 403 g/mol. The predicted molar refractivity (Wildman–Crippen MR) is 113 cm³/mol. The van der Waals surface area contributed by atoms with Crippen molar-refractivity contribution in [2.45, 2.75) is 0 Å². The summed E-state index contributed by atoms with van der Waals surface area (Å²) in [6.45, 7) is 0. The van der Waals surface area contributed by atoms with Gasteiger partial charge in [-0.2, -0.15) is 0 Å². The molecule has 6 nitrogen and oxygen atoms in total. The van der Waals surface area contributed by atoms with E-state index in [2.05, 4.69) is 5.32 Å². The highest BCUT2D eigenvalue weighted by Gasteiger charge is 2.24. The molecule has 0 saturated heterocycles. The lowest BCUT2D eigenvalue weighted by Gasteiger charge is -2.09. The maximum atomic E-state index is 13.3. The van der Waals surface area contributed by atoms with Crippen molar-refractivity contribution >= 4 is 34.2 Å². The highest BCUT2D eigenvalue weighted by atomic mass is 19.1. The second-order valence-corrected chi connectivity index (χ2v) is 6.61. The normalized spacial score (nSPS) is 10.7. The number of nitrogens with two attached hydrogens (primary N) is 1. The van der Waals surface area contributed by atoms with Crippen LogP contribution in [0.4, 0.5) is 15.9 Å². The number of carbonyl (C=O) groups excluding carboxylic acids is 2. The number of fused-ring (bicyclic) bond motifs is 1. The molecular weight excluding hydrogens is 385 g/mol. The Labute approximate surface area is 171 Å². The minimum absolute atomic E-state index is 0.00548. The molecule has 0 radical (unpaired) electrons. The number of rotatable bonds is 4. The first-order valence-corrected chi connectivity index (χ1v) is 9.14. The van der Waals surface area contributed by atoms with Crippen molar-refractivity contribution in [2.75, 3.05) is 18.2 Å². The summed E-state index contributed by atoms with van der Waals surface area (Å²) in [5, 5.41) is 3.33. The quantitative estimate of drug-likeness (QED) is 0.532. The molecule has 7 heteroatoms. The van der Waals surface area contributed by atoms with E-state index in [0.29, 0.717) is 22.3 Å². The Kier molecular flexibility index (Phi) is 4.93. The zero-order valence-corrected chi connectivity index (χ0v) is 16.1. The summed E-state index contributed by atoms with van der Waals surface area (Å²) in [6, 6.07) is 19.0. The topological polar surface area (TPSA) is 86.3 Å². The summed E-state index contributed by atoms with van der Waals surface area (Å²) in [5.74, 6) is -0.761. The summed E-state index contributed by atoms with van der Waals surface area (Å²) < 4.78 is 19.7. The van der Waals surface area contributed by atoms with Gasteiger partial charge in [0.2, 0.25) is 0 Å². The van der Waals surface area contributed by atoms with E-state index in [1.54, 1.807) is 48.5 Å². The smallest absolute Gasteiger partial charge is 0.263 e. The van der Waals surface area contributed by atoms with Crippen LogP contribution in [-0.2, 0) is 0 Å². The van der Waals surface area contributed by atoms with Crippen LogP contribution >= 0.6 is 0 Å². The minimum atomic E-state index is -0.456. The van der Waals surface area contributed by atoms with Gasteiger partial charge in [-0.15, -0.1) is 0 Å². The van der Waals surface area contributed by atoms with Crippen LogP contribution in [0.5, 0.6) is 5.75 Å². The molecule has 0 atom stereocenters. The van der Waals surface area contributed by atoms with Gasteiger partial charge >= 0.3 is 0 Å². The van der Waals surface area contributed by atoms with Crippen molar-refractivity contribution in [3.8, 4) is 5.75 Å². The van der Waals surface area contributed by atoms with Crippen LogP contribution in [0.15, 0.2) is 72.8 Å². The van der Waals surface area contributed by atoms with Gasteiger partial charge < -0.3 is 15.8 Å². The lowest BCUT2D eigenvalue weighted by atomic mass is 10.1. The summed E-state index contributed by atoms with van der Waals surface area (Å²) in [6.07, 6.45) is 0. The molecule has 4 rings (SSSR count). The van der Waals surface area contributed by atoms with Gasteiger partial charge in [0.05, 0.1) is 18.2 Å². The van der Waals surface area contributed by atoms with Gasteiger partial charge in [0, 0.05) is 22.7 Å². The van der Waals surface area contributed by atoms with E-state index in [1.807, 2.05) is 0 Å². The van der Waals surface area contributed by atoms with Crippen molar-refractivity contribution in [1.29, 1.82) is 0 Å². The van der Waals surface area contributed by atoms with E-state index in [-0.39, 0.29) is 16.9 Å². The SMILES string of the molecule is COc1cccc(NC(=O)c2c(N)n(C(=O)c3ccc(F)cc3)c3ccccc23)c1. The Hall–Kier alpha value is -4.13. The van der Waals surface area contributed by atoms with Crippen molar-refractivity contribution in [2.24, 2.45) is 0 Å². The Morgan fingerprint density at radius 1 is 1.00 bits per heavy atom. The molecule has 4 aromatic rings. The molecule has 1 amide bonds. The number of nitrogen functional groups attached to an aromatic ring is 1. The Morgan fingerprint density at radius 2 is 1.73 bits per heavy atom. The van der Waals surface area contributed by atoms with Gasteiger partial charge in [0.15, 0.2) is 0 Å². The molecule has 3 N–H and O–H groups in total. The number of nitrogens with one attached hydrogen (secondary N) is 1. The first-order valence-electron chi connectivity index (χ1n) is 9.14. The number of carbonyl (C=O) groups is 2. The number of ether oxygens (including phenoxy) is 1. The van der Waals surface area contributed by atoms with Crippen LogP contribution in [0.1, 0.15) is 20.7 Å². The van der Waals surface area contributed by atoms with Crippen molar-refractivity contribution in [3.63, 3.8) is 0 Å². The summed E-state index contributed by atoms with van der Waals surface area (Å²) >= 11 is 0. The molecule has 0 spiro atoms. The van der Waals surface area contributed by atoms with Gasteiger partial charge in [-0.05, 0) is 42.5 Å². The molecule has 0 saturated carbocycles. The minimum Gasteiger partial charge on any atom is -0.497 e. The number of hydrogen-bond donors (Lipinski definition) is 2. The average Bonchev–Trinajstić information content (AvgIpc) is 3.05. The van der Waals surface area contributed by atoms with Gasteiger partial charge in [0.1, 0.15) is 17.4 Å². The number of para-hydroxylation sites is 1. The molecule has 1 aromatic heterocycles. The zero-order valence-electron chi connectivity index (χ0n) is 16.1. The third-order valence-electron chi connectivity index (χ3n) is 4.76. The Bertz CT molecular complexity index is 1260. The fourth-order valence-corrected chi connectivity index (χ4v) is 3.33. The number of aromatic nitrogens is 1. The van der Waals surface area contributed by atoms with E-state index in [4.69, 9.17) is 10.5 Å². The largest absolute Gasteiger partial charge is 0.497 e. The van der Waals surface area contributed by atoms with Gasteiger partial charge in [-0.1, -0.05) is 24.3 Å². The van der Waals surface area contributed by atoms with Gasteiger partial charge in [-0.25, -0.2) is 4.39 Å².